The Kier molecular flexibility index (Phi) is 5.05. The average Bonchev–Trinajstić information content (AvgIpc) is 3.15. The van der Waals surface area contributed by atoms with E-state index in [-0.39, 0.29) is 28.7 Å². The third-order valence-electron chi connectivity index (χ3n) is 5.34. The smallest absolute Gasteiger partial charge is 0.263 e. The van der Waals surface area contributed by atoms with E-state index in [1.807, 2.05) is 25.7 Å². The summed E-state index contributed by atoms with van der Waals surface area (Å²) in [5.74, 6) is -0.0747. The first-order valence-corrected chi connectivity index (χ1v) is 10.0. The first-order valence-electron chi connectivity index (χ1n) is 10.0. The minimum atomic E-state index is -0.340. The summed E-state index contributed by atoms with van der Waals surface area (Å²) in [4.78, 5) is 34.6. The molecule has 0 atom stereocenters. The Morgan fingerprint density at radius 3 is 2.50 bits per heavy atom. The van der Waals surface area contributed by atoms with Gasteiger partial charge in [0, 0.05) is 24.7 Å². The lowest BCUT2D eigenvalue weighted by atomic mass is 9.96. The monoisotopic (exact) mass is 412 g/mol. The van der Waals surface area contributed by atoms with Crippen molar-refractivity contribution in [3.05, 3.63) is 46.6 Å². The minimum Gasteiger partial charge on any atom is -0.342 e. The van der Waals surface area contributed by atoms with E-state index in [9.17, 15) is 14.0 Å². The number of benzene rings is 1. The number of nitrogens with one attached hydrogen (secondary N) is 2. The van der Waals surface area contributed by atoms with Gasteiger partial charge in [-0.05, 0) is 57.9 Å². The van der Waals surface area contributed by atoms with Crippen molar-refractivity contribution in [1.29, 1.82) is 0 Å². The number of halogens is 1. The minimum absolute atomic E-state index is 0.0797. The van der Waals surface area contributed by atoms with Crippen LogP contribution in [0.4, 0.5) is 16.0 Å². The maximum atomic E-state index is 13.0. The number of anilines is 2. The largest absolute Gasteiger partial charge is 0.342 e. The second kappa shape index (κ2) is 7.55. The van der Waals surface area contributed by atoms with E-state index < -0.39 is 0 Å². The van der Waals surface area contributed by atoms with Crippen LogP contribution in [0.1, 0.15) is 33.6 Å². The van der Waals surface area contributed by atoms with E-state index in [4.69, 9.17) is 0 Å². The van der Waals surface area contributed by atoms with E-state index in [0.29, 0.717) is 48.6 Å². The molecule has 30 heavy (non-hydrogen) atoms. The third kappa shape index (κ3) is 3.92. The summed E-state index contributed by atoms with van der Waals surface area (Å²) in [5, 5.41) is 7.63. The van der Waals surface area contributed by atoms with Crippen molar-refractivity contribution < 1.29 is 9.18 Å². The van der Waals surface area contributed by atoms with Gasteiger partial charge in [-0.1, -0.05) is 0 Å². The zero-order chi connectivity index (χ0) is 21.5. The molecule has 0 spiro atoms. The molecule has 3 heterocycles. The molecule has 4 rings (SSSR count). The highest BCUT2D eigenvalue weighted by atomic mass is 19.1. The van der Waals surface area contributed by atoms with Crippen molar-refractivity contribution in [2.45, 2.75) is 39.2 Å². The lowest BCUT2D eigenvalue weighted by Crippen LogP contribution is -2.39. The Hall–Kier alpha value is -3.23. The van der Waals surface area contributed by atoms with Gasteiger partial charge in [-0.15, -0.1) is 0 Å². The number of nitrogens with zero attached hydrogens (tertiary/aromatic N) is 4. The number of fused-ring (bicyclic) bond motifs is 1. The Balaban J connectivity index is 1.47. The van der Waals surface area contributed by atoms with E-state index in [1.165, 1.54) is 12.1 Å². The van der Waals surface area contributed by atoms with E-state index in [0.717, 1.165) is 0 Å². The Labute approximate surface area is 173 Å². The number of piperidine rings is 1. The number of aromatic amines is 1. The highest BCUT2D eigenvalue weighted by Crippen LogP contribution is 2.24. The molecule has 1 amide bonds. The molecule has 0 saturated carbocycles. The molecule has 2 aromatic heterocycles. The lowest BCUT2D eigenvalue weighted by Gasteiger charge is -2.31. The van der Waals surface area contributed by atoms with Crippen LogP contribution < -0.4 is 15.8 Å². The first kappa shape index (κ1) is 20.1. The molecule has 0 radical (unpaired) electrons. The second-order valence-electron chi connectivity index (χ2n) is 8.61. The summed E-state index contributed by atoms with van der Waals surface area (Å²) in [5.41, 5.74) is 0.612. The maximum absolute atomic E-state index is 13.0. The number of hydrogen-bond donors (Lipinski definition) is 2. The topological polar surface area (TPSA) is 95.9 Å². The Morgan fingerprint density at radius 2 is 1.87 bits per heavy atom. The van der Waals surface area contributed by atoms with Crippen molar-refractivity contribution in [2.24, 2.45) is 5.92 Å². The summed E-state index contributed by atoms with van der Waals surface area (Å²) in [7, 11) is 0. The molecule has 9 heteroatoms. The maximum Gasteiger partial charge on any atom is 0.263 e. The normalized spacial score (nSPS) is 15.5. The molecule has 0 aliphatic carbocycles. The molecule has 8 nitrogen and oxygen atoms in total. The van der Waals surface area contributed by atoms with Gasteiger partial charge in [0.2, 0.25) is 11.9 Å². The standard InChI is InChI=1S/C21H25FN6O2/c1-21(2,3)28-17-16(12-23-28)19(30)26-20(25-17)27-10-8-13(9-11-27)18(29)24-15-6-4-14(22)5-7-15/h4-7,12-13H,8-11H2,1-3H3,(H,24,29)(H,25,26,30). The third-order valence-corrected chi connectivity index (χ3v) is 5.34. The zero-order valence-electron chi connectivity index (χ0n) is 17.3. The fourth-order valence-corrected chi connectivity index (χ4v) is 3.68. The molecular weight excluding hydrogens is 387 g/mol. The van der Waals surface area contributed by atoms with Gasteiger partial charge >= 0.3 is 0 Å². The molecule has 1 aliphatic rings. The molecule has 1 aromatic carbocycles. The summed E-state index contributed by atoms with van der Waals surface area (Å²) in [6.45, 7) is 7.22. The molecule has 2 N–H and O–H groups in total. The highest BCUT2D eigenvalue weighted by Gasteiger charge is 2.27. The van der Waals surface area contributed by atoms with E-state index in [1.54, 1.807) is 23.0 Å². The molecule has 0 bridgehead atoms. The average molecular weight is 412 g/mol. The van der Waals surface area contributed by atoms with Crippen LogP contribution >= 0.6 is 0 Å². The van der Waals surface area contributed by atoms with Crippen molar-refractivity contribution in [3.8, 4) is 0 Å². The van der Waals surface area contributed by atoms with Crippen LogP contribution in [0, 0.1) is 11.7 Å². The van der Waals surface area contributed by atoms with Crippen LogP contribution in [0.3, 0.4) is 0 Å². The zero-order valence-corrected chi connectivity index (χ0v) is 17.3. The SMILES string of the molecule is CC(C)(C)n1ncc2c(=O)[nH]c(N3CCC(C(=O)Nc4ccc(F)cc4)CC3)nc21. The van der Waals surface area contributed by atoms with Crippen LogP contribution in [0.2, 0.25) is 0 Å². The van der Waals surface area contributed by atoms with Crippen LogP contribution in [0.5, 0.6) is 0 Å². The van der Waals surface area contributed by atoms with Crippen LogP contribution in [-0.2, 0) is 10.3 Å². The fourth-order valence-electron chi connectivity index (χ4n) is 3.68. The van der Waals surface area contributed by atoms with Gasteiger partial charge in [0.05, 0.1) is 11.7 Å². The van der Waals surface area contributed by atoms with E-state index in [2.05, 4.69) is 20.4 Å². The van der Waals surface area contributed by atoms with Crippen LogP contribution in [-0.4, -0.2) is 38.7 Å². The van der Waals surface area contributed by atoms with Crippen LogP contribution in [0.25, 0.3) is 11.0 Å². The molecule has 1 aliphatic heterocycles. The summed E-state index contributed by atoms with van der Waals surface area (Å²) in [6.07, 6.45) is 2.81. The second-order valence-corrected chi connectivity index (χ2v) is 8.61. The highest BCUT2D eigenvalue weighted by molar-refractivity contribution is 5.92. The van der Waals surface area contributed by atoms with Crippen molar-refractivity contribution in [1.82, 2.24) is 19.7 Å². The summed E-state index contributed by atoms with van der Waals surface area (Å²) >= 11 is 0. The van der Waals surface area contributed by atoms with Crippen molar-refractivity contribution in [2.75, 3.05) is 23.3 Å². The Morgan fingerprint density at radius 1 is 1.20 bits per heavy atom. The van der Waals surface area contributed by atoms with Gasteiger partial charge in [-0.25, -0.2) is 9.07 Å². The van der Waals surface area contributed by atoms with Crippen molar-refractivity contribution in [3.63, 3.8) is 0 Å². The molecule has 1 fully saturated rings. The molecule has 158 valence electrons. The van der Waals surface area contributed by atoms with Gasteiger partial charge in [-0.2, -0.15) is 10.1 Å². The fraction of sp³-hybridized carbons (Fsp3) is 0.429. The number of amides is 1. The number of hydrogen-bond acceptors (Lipinski definition) is 5. The molecular formula is C21H25FN6O2. The van der Waals surface area contributed by atoms with Crippen LogP contribution in [0.15, 0.2) is 35.3 Å². The van der Waals surface area contributed by atoms with Crippen molar-refractivity contribution >= 4 is 28.6 Å². The van der Waals surface area contributed by atoms with Gasteiger partial charge in [0.1, 0.15) is 11.2 Å². The quantitative estimate of drug-likeness (QED) is 0.690. The van der Waals surface area contributed by atoms with Gasteiger partial charge in [0.25, 0.3) is 5.56 Å². The molecule has 0 unspecified atom stereocenters. The van der Waals surface area contributed by atoms with Gasteiger partial charge in [0.15, 0.2) is 5.65 Å². The number of carbonyl (C=O) groups is 1. The van der Waals surface area contributed by atoms with Gasteiger partial charge in [-0.3, -0.25) is 14.6 Å². The summed E-state index contributed by atoms with van der Waals surface area (Å²) < 4.78 is 14.8. The molecule has 3 aromatic rings. The number of carbonyl (C=O) groups excluding carboxylic acids is 1. The Bertz CT molecular complexity index is 1120. The lowest BCUT2D eigenvalue weighted by molar-refractivity contribution is -0.120. The first-order chi connectivity index (χ1) is 14.2. The number of rotatable bonds is 3. The predicted octanol–water partition coefficient (Wildman–Crippen LogP) is 2.87. The summed E-state index contributed by atoms with van der Waals surface area (Å²) in [6, 6.07) is 5.73. The molecule has 1 saturated heterocycles. The van der Waals surface area contributed by atoms with E-state index >= 15 is 0 Å². The predicted molar refractivity (Wildman–Crippen MR) is 113 cm³/mol. The van der Waals surface area contributed by atoms with Gasteiger partial charge < -0.3 is 10.2 Å². The number of H-pyrrole nitrogens is 1. The number of aromatic nitrogens is 4.